The van der Waals surface area contributed by atoms with Crippen LogP contribution in [0.1, 0.15) is 142 Å². The first-order chi connectivity index (χ1) is 21.5. The summed E-state index contributed by atoms with van der Waals surface area (Å²) in [5.74, 6) is 0. The summed E-state index contributed by atoms with van der Waals surface area (Å²) in [5, 5.41) is 28.6. The highest BCUT2D eigenvalue weighted by atomic mass is 16.6. The molecule has 7 nitrogen and oxygen atoms in total. The zero-order valence-corrected chi connectivity index (χ0v) is 28.1. The second-order valence-electron chi connectivity index (χ2n) is 11.9. The van der Waals surface area contributed by atoms with Gasteiger partial charge in [0.25, 0.3) is 5.69 Å². The first kappa shape index (κ1) is 39.2. The van der Waals surface area contributed by atoms with Crippen LogP contribution in [0, 0.1) is 10.1 Å². The first-order valence-electron chi connectivity index (χ1n) is 17.6. The van der Waals surface area contributed by atoms with E-state index < -0.39 is 4.92 Å². The minimum absolute atomic E-state index is 0.0181. The molecular weight excluding hydrogens is 548 g/mol. The van der Waals surface area contributed by atoms with E-state index in [4.69, 9.17) is 0 Å². The van der Waals surface area contributed by atoms with E-state index in [-0.39, 0.29) is 12.3 Å². The van der Waals surface area contributed by atoms with Crippen molar-refractivity contribution in [3.8, 4) is 0 Å². The molecule has 0 atom stereocenters. The number of nitrogens with zero attached hydrogens (tertiary/aromatic N) is 4. The standard InChI is InChI=1S/C37H62N4O3/c1-4-6-7-8-9-10-11-12-13-14-15-16-17-18-19-20-21-22-23-24-31-40(32-33-42)36(5-2)28-25-34(3)38-39-35-26-29-37(30-27-35)41(43)44/h5,25-30,42H,3-4,6-24,31-33H2,1-2H3/b28-25-,36-5+,39-38+. The van der Waals surface area contributed by atoms with Crippen molar-refractivity contribution in [3.63, 3.8) is 0 Å². The lowest BCUT2D eigenvalue weighted by molar-refractivity contribution is -0.384. The number of nitro benzene ring substituents is 1. The van der Waals surface area contributed by atoms with E-state index in [0.717, 1.165) is 18.7 Å². The molecule has 0 fully saturated rings. The summed E-state index contributed by atoms with van der Waals surface area (Å²) in [7, 11) is 0. The van der Waals surface area contributed by atoms with Gasteiger partial charge in [-0.25, -0.2) is 0 Å². The van der Waals surface area contributed by atoms with Crippen molar-refractivity contribution in [2.75, 3.05) is 19.7 Å². The molecule has 0 aromatic heterocycles. The van der Waals surface area contributed by atoms with Gasteiger partial charge in [0, 0.05) is 30.9 Å². The number of hydrogen-bond donors (Lipinski definition) is 1. The maximum atomic E-state index is 10.8. The molecule has 1 N–H and O–H groups in total. The number of aliphatic hydroxyl groups excluding tert-OH is 1. The van der Waals surface area contributed by atoms with Crippen LogP contribution in [0.4, 0.5) is 11.4 Å². The van der Waals surface area contributed by atoms with Crippen molar-refractivity contribution in [1.29, 1.82) is 0 Å². The number of benzene rings is 1. The fraction of sp³-hybridized carbons (Fsp3) is 0.676. The lowest BCUT2D eigenvalue weighted by Crippen LogP contribution is -2.26. The van der Waals surface area contributed by atoms with E-state index in [1.165, 1.54) is 134 Å². The summed E-state index contributed by atoms with van der Waals surface area (Å²) < 4.78 is 0. The highest BCUT2D eigenvalue weighted by molar-refractivity contribution is 5.43. The molecular formula is C37H62N4O3. The van der Waals surface area contributed by atoms with Crippen LogP contribution in [-0.2, 0) is 0 Å². The van der Waals surface area contributed by atoms with E-state index in [9.17, 15) is 15.2 Å². The third kappa shape index (κ3) is 21.0. The third-order valence-corrected chi connectivity index (χ3v) is 8.11. The third-order valence-electron chi connectivity index (χ3n) is 8.11. The van der Waals surface area contributed by atoms with Crippen molar-refractivity contribution >= 4 is 11.4 Å². The molecule has 1 aromatic carbocycles. The summed E-state index contributed by atoms with van der Waals surface area (Å²) in [6.07, 6.45) is 33.3. The van der Waals surface area contributed by atoms with Crippen molar-refractivity contribution in [3.05, 3.63) is 70.6 Å². The van der Waals surface area contributed by atoms with Gasteiger partial charge in [0.1, 0.15) is 0 Å². The average Bonchev–Trinajstić information content (AvgIpc) is 3.03. The number of allylic oxidation sites excluding steroid dienone is 3. The van der Waals surface area contributed by atoms with Gasteiger partial charge in [0.05, 0.1) is 22.9 Å². The fourth-order valence-electron chi connectivity index (χ4n) is 5.41. The van der Waals surface area contributed by atoms with Gasteiger partial charge < -0.3 is 10.0 Å². The van der Waals surface area contributed by atoms with Crippen LogP contribution in [0.25, 0.3) is 0 Å². The number of unbranched alkanes of at least 4 members (excludes halogenated alkanes) is 19. The summed E-state index contributed by atoms with van der Waals surface area (Å²) in [4.78, 5) is 12.5. The Kier molecular flexibility index (Phi) is 24.7. The molecule has 248 valence electrons. The van der Waals surface area contributed by atoms with Crippen LogP contribution in [0.15, 0.2) is 70.7 Å². The Morgan fingerprint density at radius 1 is 0.773 bits per heavy atom. The van der Waals surface area contributed by atoms with Gasteiger partial charge in [-0.15, -0.1) is 0 Å². The number of hydrogen-bond acceptors (Lipinski definition) is 6. The Labute approximate surface area is 268 Å². The monoisotopic (exact) mass is 610 g/mol. The Morgan fingerprint density at radius 2 is 1.23 bits per heavy atom. The Morgan fingerprint density at radius 3 is 1.64 bits per heavy atom. The van der Waals surface area contributed by atoms with E-state index in [2.05, 4.69) is 28.6 Å². The van der Waals surface area contributed by atoms with E-state index in [1.54, 1.807) is 18.2 Å². The Bertz CT molecular complexity index is 956. The minimum Gasteiger partial charge on any atom is -0.395 e. The highest BCUT2D eigenvalue weighted by Crippen LogP contribution is 2.20. The second-order valence-corrected chi connectivity index (χ2v) is 11.9. The molecule has 0 saturated heterocycles. The lowest BCUT2D eigenvalue weighted by Gasteiger charge is -2.25. The van der Waals surface area contributed by atoms with Gasteiger partial charge >= 0.3 is 0 Å². The number of nitro groups is 1. The molecule has 0 unspecified atom stereocenters. The van der Waals surface area contributed by atoms with Crippen molar-refractivity contribution in [2.24, 2.45) is 10.2 Å². The first-order valence-corrected chi connectivity index (χ1v) is 17.6. The maximum absolute atomic E-state index is 10.8. The van der Waals surface area contributed by atoms with E-state index in [1.807, 2.05) is 19.1 Å². The summed E-state index contributed by atoms with van der Waals surface area (Å²) in [5.41, 5.74) is 2.04. The van der Waals surface area contributed by atoms with Gasteiger partial charge in [-0.1, -0.05) is 142 Å². The highest BCUT2D eigenvalue weighted by Gasteiger charge is 2.06. The van der Waals surface area contributed by atoms with E-state index in [0.29, 0.717) is 17.9 Å². The molecule has 44 heavy (non-hydrogen) atoms. The predicted octanol–water partition coefficient (Wildman–Crippen LogP) is 11.8. The number of azo groups is 1. The van der Waals surface area contributed by atoms with Crippen molar-refractivity contribution in [2.45, 2.75) is 142 Å². The smallest absolute Gasteiger partial charge is 0.269 e. The molecule has 0 amide bonds. The van der Waals surface area contributed by atoms with Crippen LogP contribution < -0.4 is 0 Å². The predicted molar refractivity (Wildman–Crippen MR) is 186 cm³/mol. The Hall–Kier alpha value is -2.80. The van der Waals surface area contributed by atoms with Gasteiger partial charge in [-0.05, 0) is 37.6 Å². The average molecular weight is 611 g/mol. The largest absolute Gasteiger partial charge is 0.395 e. The summed E-state index contributed by atoms with van der Waals surface area (Å²) in [6, 6.07) is 5.91. The molecule has 0 heterocycles. The van der Waals surface area contributed by atoms with Crippen molar-refractivity contribution in [1.82, 2.24) is 4.90 Å². The van der Waals surface area contributed by atoms with Crippen LogP contribution in [0.3, 0.4) is 0 Å². The number of aliphatic hydroxyl groups is 1. The van der Waals surface area contributed by atoms with Crippen LogP contribution in [0.2, 0.25) is 0 Å². The van der Waals surface area contributed by atoms with Crippen LogP contribution in [-0.4, -0.2) is 34.6 Å². The fourth-order valence-corrected chi connectivity index (χ4v) is 5.41. The lowest BCUT2D eigenvalue weighted by atomic mass is 10.0. The van der Waals surface area contributed by atoms with Gasteiger partial charge in [0.15, 0.2) is 0 Å². The molecule has 1 aromatic rings. The van der Waals surface area contributed by atoms with Gasteiger partial charge in [-0.2, -0.15) is 10.2 Å². The molecule has 0 spiro atoms. The molecule has 0 bridgehead atoms. The zero-order valence-electron chi connectivity index (χ0n) is 28.1. The van der Waals surface area contributed by atoms with Gasteiger partial charge in [-0.3, -0.25) is 10.1 Å². The SMILES string of the molecule is C=C(/C=C\C(=C/C)N(CCO)CCCCCCCCCCCCCCCCCCCCCC)/N=N/c1ccc([N+](=O)[O-])cc1. The number of rotatable bonds is 29. The molecule has 0 aliphatic heterocycles. The zero-order chi connectivity index (χ0) is 32.1. The minimum atomic E-state index is -0.443. The quantitative estimate of drug-likeness (QED) is 0.0321. The normalized spacial score (nSPS) is 12.0. The van der Waals surface area contributed by atoms with Crippen molar-refractivity contribution < 1.29 is 10.0 Å². The topological polar surface area (TPSA) is 91.3 Å². The molecule has 7 heteroatoms. The maximum Gasteiger partial charge on any atom is 0.269 e. The second kappa shape index (κ2) is 27.7. The summed E-state index contributed by atoms with van der Waals surface area (Å²) in [6.45, 7) is 9.80. The molecule has 0 radical (unpaired) electrons. The Balaban J connectivity index is 2.12. The van der Waals surface area contributed by atoms with Crippen LogP contribution in [0.5, 0.6) is 0 Å². The van der Waals surface area contributed by atoms with Gasteiger partial charge in [0.2, 0.25) is 0 Å². The molecule has 0 saturated carbocycles. The molecule has 0 aliphatic rings. The number of non-ortho nitro benzene ring substituents is 1. The van der Waals surface area contributed by atoms with E-state index >= 15 is 0 Å². The molecule has 0 aliphatic carbocycles. The molecule has 1 rings (SSSR count). The summed E-state index contributed by atoms with van der Waals surface area (Å²) >= 11 is 0. The van der Waals surface area contributed by atoms with Crippen LogP contribution >= 0.6 is 0 Å².